The summed E-state index contributed by atoms with van der Waals surface area (Å²) in [5.74, 6) is 1.17. The van der Waals surface area contributed by atoms with Gasteiger partial charge in [-0.2, -0.15) is 0 Å². The van der Waals surface area contributed by atoms with E-state index in [4.69, 9.17) is 4.74 Å². The molecule has 2 aromatic carbocycles. The van der Waals surface area contributed by atoms with E-state index < -0.39 is 0 Å². The first-order chi connectivity index (χ1) is 10.0. The molecule has 0 amide bonds. The number of thioether (sulfide) groups is 1. The highest BCUT2D eigenvalue weighted by Gasteiger charge is 2.15. The maximum atomic E-state index is 12.4. The van der Waals surface area contributed by atoms with Crippen LogP contribution >= 0.6 is 27.7 Å². The van der Waals surface area contributed by atoms with Crippen LogP contribution in [0.15, 0.2) is 45.8 Å². The van der Waals surface area contributed by atoms with E-state index >= 15 is 0 Å². The van der Waals surface area contributed by atoms with Gasteiger partial charge in [-0.05, 0) is 49.2 Å². The first-order valence-electron chi connectivity index (χ1n) is 6.58. The minimum atomic E-state index is 0.0833. The Labute approximate surface area is 138 Å². The number of hydrogen-bond donors (Lipinski definition) is 0. The van der Waals surface area contributed by atoms with Crippen LogP contribution in [0.5, 0.6) is 5.75 Å². The fourth-order valence-electron chi connectivity index (χ4n) is 2.06. The van der Waals surface area contributed by atoms with Gasteiger partial charge in [0.1, 0.15) is 5.75 Å². The fourth-order valence-corrected chi connectivity index (χ4v) is 3.45. The van der Waals surface area contributed by atoms with Crippen LogP contribution in [-0.4, -0.2) is 18.6 Å². The van der Waals surface area contributed by atoms with Crippen molar-refractivity contribution in [3.8, 4) is 5.75 Å². The van der Waals surface area contributed by atoms with E-state index in [0.717, 1.165) is 20.5 Å². The molecule has 0 atom stereocenters. The van der Waals surface area contributed by atoms with Crippen molar-refractivity contribution in [3.63, 3.8) is 0 Å². The minimum Gasteiger partial charge on any atom is -0.496 e. The SMILES string of the molecule is COc1c(C(=O)CSc2cccc(Br)c2)ccc(C)c1C. The van der Waals surface area contributed by atoms with Crippen LogP contribution in [0.25, 0.3) is 0 Å². The molecule has 0 aliphatic rings. The van der Waals surface area contributed by atoms with Gasteiger partial charge in [-0.15, -0.1) is 11.8 Å². The number of carbonyl (C=O) groups excluding carboxylic acids is 1. The summed E-state index contributed by atoms with van der Waals surface area (Å²) >= 11 is 4.97. The molecular formula is C17H17BrO2S. The average molecular weight is 365 g/mol. The van der Waals surface area contributed by atoms with Gasteiger partial charge in [-0.25, -0.2) is 0 Å². The van der Waals surface area contributed by atoms with Crippen molar-refractivity contribution in [1.29, 1.82) is 0 Å². The summed E-state index contributed by atoms with van der Waals surface area (Å²) < 4.78 is 6.43. The van der Waals surface area contributed by atoms with E-state index in [1.165, 1.54) is 11.8 Å². The third-order valence-corrected chi connectivity index (χ3v) is 4.83. The summed E-state index contributed by atoms with van der Waals surface area (Å²) in [5.41, 5.74) is 2.81. The Morgan fingerprint density at radius 2 is 2.00 bits per heavy atom. The van der Waals surface area contributed by atoms with E-state index in [-0.39, 0.29) is 5.78 Å². The van der Waals surface area contributed by atoms with Crippen LogP contribution < -0.4 is 4.74 Å². The molecule has 0 spiro atoms. The number of rotatable bonds is 5. The summed E-state index contributed by atoms with van der Waals surface area (Å²) in [4.78, 5) is 13.5. The van der Waals surface area contributed by atoms with Crippen LogP contribution in [0.1, 0.15) is 21.5 Å². The fraction of sp³-hybridized carbons (Fsp3) is 0.235. The first-order valence-corrected chi connectivity index (χ1v) is 8.36. The Morgan fingerprint density at radius 1 is 1.24 bits per heavy atom. The third kappa shape index (κ3) is 3.89. The quantitative estimate of drug-likeness (QED) is 0.548. The van der Waals surface area contributed by atoms with Crippen molar-refractivity contribution >= 4 is 33.5 Å². The number of methoxy groups -OCH3 is 1. The van der Waals surface area contributed by atoms with Gasteiger partial charge in [0.05, 0.1) is 18.4 Å². The molecule has 0 N–H and O–H groups in total. The summed E-state index contributed by atoms with van der Waals surface area (Å²) in [6, 6.07) is 11.8. The Morgan fingerprint density at radius 3 is 2.67 bits per heavy atom. The van der Waals surface area contributed by atoms with E-state index in [1.54, 1.807) is 7.11 Å². The van der Waals surface area contributed by atoms with Gasteiger partial charge in [0, 0.05) is 9.37 Å². The van der Waals surface area contributed by atoms with Gasteiger partial charge in [-0.3, -0.25) is 4.79 Å². The molecule has 0 aliphatic carbocycles. The molecule has 0 bridgehead atoms. The monoisotopic (exact) mass is 364 g/mol. The zero-order chi connectivity index (χ0) is 15.4. The molecule has 0 aromatic heterocycles. The van der Waals surface area contributed by atoms with Gasteiger partial charge in [-0.1, -0.05) is 28.1 Å². The standard InChI is InChI=1S/C17H17BrO2S/c1-11-7-8-15(17(20-3)12(11)2)16(19)10-21-14-6-4-5-13(18)9-14/h4-9H,10H2,1-3H3. The van der Waals surface area contributed by atoms with Crippen molar-refractivity contribution in [1.82, 2.24) is 0 Å². The van der Waals surface area contributed by atoms with Gasteiger partial charge in [0.2, 0.25) is 0 Å². The van der Waals surface area contributed by atoms with Gasteiger partial charge < -0.3 is 4.74 Å². The van der Waals surface area contributed by atoms with Crippen LogP contribution in [-0.2, 0) is 0 Å². The van der Waals surface area contributed by atoms with E-state index in [1.807, 2.05) is 50.2 Å². The topological polar surface area (TPSA) is 26.3 Å². The first kappa shape index (κ1) is 16.1. The summed E-state index contributed by atoms with van der Waals surface area (Å²) in [6.07, 6.45) is 0. The lowest BCUT2D eigenvalue weighted by Gasteiger charge is -2.12. The number of aryl methyl sites for hydroxylation is 1. The molecule has 0 saturated carbocycles. The Balaban J connectivity index is 2.16. The smallest absolute Gasteiger partial charge is 0.176 e. The van der Waals surface area contributed by atoms with Crippen molar-refractivity contribution < 1.29 is 9.53 Å². The van der Waals surface area contributed by atoms with Crippen molar-refractivity contribution in [2.45, 2.75) is 18.7 Å². The number of ketones is 1. The highest BCUT2D eigenvalue weighted by Crippen LogP contribution is 2.29. The molecule has 21 heavy (non-hydrogen) atoms. The molecule has 2 aromatic rings. The van der Waals surface area contributed by atoms with Crippen LogP contribution in [0, 0.1) is 13.8 Å². The number of carbonyl (C=O) groups is 1. The highest BCUT2D eigenvalue weighted by molar-refractivity contribution is 9.10. The largest absolute Gasteiger partial charge is 0.496 e. The molecule has 0 heterocycles. The Kier molecular flexibility index (Phi) is 5.48. The highest BCUT2D eigenvalue weighted by atomic mass is 79.9. The predicted molar refractivity (Wildman–Crippen MR) is 91.7 cm³/mol. The lowest BCUT2D eigenvalue weighted by molar-refractivity contribution is 0.101. The maximum Gasteiger partial charge on any atom is 0.176 e. The molecule has 0 radical (unpaired) electrons. The van der Waals surface area contributed by atoms with Crippen LogP contribution in [0.2, 0.25) is 0 Å². The molecule has 2 nitrogen and oxygen atoms in total. The number of halogens is 1. The molecule has 0 aliphatic heterocycles. The van der Waals surface area contributed by atoms with Gasteiger partial charge in [0.25, 0.3) is 0 Å². The van der Waals surface area contributed by atoms with E-state index in [0.29, 0.717) is 17.1 Å². The summed E-state index contributed by atoms with van der Waals surface area (Å²) in [5, 5.41) is 0. The number of Topliss-reactive ketones (excluding diaryl/α,β-unsaturated/α-hetero) is 1. The molecule has 0 unspecified atom stereocenters. The van der Waals surface area contributed by atoms with Crippen molar-refractivity contribution in [2.75, 3.05) is 12.9 Å². The summed E-state index contributed by atoms with van der Waals surface area (Å²) in [6.45, 7) is 3.99. The van der Waals surface area contributed by atoms with Gasteiger partial charge in [0.15, 0.2) is 5.78 Å². The lowest BCUT2D eigenvalue weighted by Crippen LogP contribution is -2.06. The second-order valence-electron chi connectivity index (χ2n) is 4.76. The normalized spacial score (nSPS) is 10.5. The van der Waals surface area contributed by atoms with Crippen molar-refractivity contribution in [2.24, 2.45) is 0 Å². The predicted octanol–water partition coefficient (Wildman–Crippen LogP) is 5.05. The second kappa shape index (κ2) is 7.14. The molecule has 0 saturated heterocycles. The Hall–Kier alpha value is -1.26. The third-order valence-electron chi connectivity index (χ3n) is 3.35. The number of ether oxygens (including phenoxy) is 1. The summed E-state index contributed by atoms with van der Waals surface area (Å²) in [7, 11) is 1.61. The molecule has 2 rings (SSSR count). The van der Waals surface area contributed by atoms with E-state index in [2.05, 4.69) is 15.9 Å². The van der Waals surface area contributed by atoms with Crippen LogP contribution in [0.4, 0.5) is 0 Å². The number of hydrogen-bond acceptors (Lipinski definition) is 3. The Bertz CT molecular complexity index is 668. The zero-order valence-corrected chi connectivity index (χ0v) is 14.7. The van der Waals surface area contributed by atoms with Crippen molar-refractivity contribution in [3.05, 3.63) is 57.6 Å². The lowest BCUT2D eigenvalue weighted by atomic mass is 10.0. The number of benzene rings is 2. The molecule has 110 valence electrons. The average Bonchev–Trinajstić information content (AvgIpc) is 2.47. The van der Waals surface area contributed by atoms with E-state index in [9.17, 15) is 4.79 Å². The minimum absolute atomic E-state index is 0.0833. The molecular weight excluding hydrogens is 348 g/mol. The molecule has 0 fully saturated rings. The zero-order valence-electron chi connectivity index (χ0n) is 12.3. The van der Waals surface area contributed by atoms with Crippen LogP contribution in [0.3, 0.4) is 0 Å². The maximum absolute atomic E-state index is 12.4. The molecule has 4 heteroatoms. The van der Waals surface area contributed by atoms with Gasteiger partial charge >= 0.3 is 0 Å². The second-order valence-corrected chi connectivity index (χ2v) is 6.72.